The number of amides is 1. The Morgan fingerprint density at radius 2 is 1.92 bits per heavy atom. The molecule has 1 aromatic heterocycles. The van der Waals surface area contributed by atoms with E-state index in [9.17, 15) is 4.79 Å². The van der Waals surface area contributed by atoms with Crippen LogP contribution in [0.4, 0.5) is 0 Å². The van der Waals surface area contributed by atoms with Gasteiger partial charge < -0.3 is 14.8 Å². The van der Waals surface area contributed by atoms with Crippen LogP contribution in [-0.4, -0.2) is 24.1 Å². The van der Waals surface area contributed by atoms with Crippen LogP contribution in [0.3, 0.4) is 0 Å². The molecule has 2 aromatic rings. The molecule has 5 heteroatoms. The summed E-state index contributed by atoms with van der Waals surface area (Å²) in [4.78, 5) is 16.4. The fraction of sp³-hybridized carbons (Fsp3) is 0.368. The van der Waals surface area contributed by atoms with Crippen LogP contribution < -0.4 is 14.8 Å². The van der Waals surface area contributed by atoms with E-state index in [1.165, 1.54) is 0 Å². The zero-order valence-electron chi connectivity index (χ0n) is 14.2. The number of pyridine rings is 1. The standard InChI is InChI=1S/C19H24N2O3/c1-3-5-13-24-17-10-8-15(9-11-17)18(22)21-14-16-7-6-12-20-19(16)23-4-2/h6-12H,3-5,13-14H2,1-2H3,(H,21,22). The highest BCUT2D eigenvalue weighted by Crippen LogP contribution is 2.15. The van der Waals surface area contributed by atoms with Crippen LogP contribution >= 0.6 is 0 Å². The molecule has 0 aliphatic rings. The second kappa shape index (κ2) is 9.55. The molecule has 0 saturated heterocycles. The van der Waals surface area contributed by atoms with Crippen LogP contribution in [-0.2, 0) is 6.54 Å². The number of unbranched alkanes of at least 4 members (excludes halogenated alkanes) is 1. The van der Waals surface area contributed by atoms with Crippen molar-refractivity contribution >= 4 is 5.91 Å². The minimum Gasteiger partial charge on any atom is -0.494 e. The molecule has 1 amide bonds. The predicted octanol–water partition coefficient (Wildman–Crippen LogP) is 3.59. The summed E-state index contributed by atoms with van der Waals surface area (Å²) < 4.78 is 11.1. The number of nitrogens with one attached hydrogen (secondary N) is 1. The van der Waals surface area contributed by atoms with E-state index in [4.69, 9.17) is 9.47 Å². The van der Waals surface area contributed by atoms with Crippen LogP contribution in [0.5, 0.6) is 11.6 Å². The van der Waals surface area contributed by atoms with Crippen molar-refractivity contribution in [3.05, 3.63) is 53.7 Å². The summed E-state index contributed by atoms with van der Waals surface area (Å²) in [5.41, 5.74) is 1.45. The highest BCUT2D eigenvalue weighted by Gasteiger charge is 2.08. The van der Waals surface area contributed by atoms with Crippen molar-refractivity contribution in [2.75, 3.05) is 13.2 Å². The van der Waals surface area contributed by atoms with Gasteiger partial charge in [0.25, 0.3) is 5.91 Å². The van der Waals surface area contributed by atoms with Gasteiger partial charge in [-0.2, -0.15) is 0 Å². The van der Waals surface area contributed by atoms with Crippen molar-refractivity contribution in [3.63, 3.8) is 0 Å². The van der Waals surface area contributed by atoms with E-state index in [-0.39, 0.29) is 5.91 Å². The topological polar surface area (TPSA) is 60.5 Å². The molecule has 0 aliphatic heterocycles. The number of hydrogen-bond acceptors (Lipinski definition) is 4. The minimum atomic E-state index is -0.138. The summed E-state index contributed by atoms with van der Waals surface area (Å²) in [6.07, 6.45) is 3.79. The number of hydrogen-bond donors (Lipinski definition) is 1. The molecule has 128 valence electrons. The normalized spacial score (nSPS) is 10.2. The molecule has 5 nitrogen and oxygen atoms in total. The molecule has 0 bridgehead atoms. The monoisotopic (exact) mass is 328 g/mol. The first-order chi connectivity index (χ1) is 11.7. The molecule has 1 N–H and O–H groups in total. The molecule has 0 saturated carbocycles. The number of benzene rings is 1. The van der Waals surface area contributed by atoms with Crippen LogP contribution in [0.1, 0.15) is 42.6 Å². The fourth-order valence-electron chi connectivity index (χ4n) is 2.14. The quantitative estimate of drug-likeness (QED) is 0.715. The van der Waals surface area contributed by atoms with Gasteiger partial charge in [-0.05, 0) is 43.7 Å². The SMILES string of the molecule is CCCCOc1ccc(C(=O)NCc2cccnc2OCC)cc1. The molecular weight excluding hydrogens is 304 g/mol. The van der Waals surface area contributed by atoms with Gasteiger partial charge in [0.1, 0.15) is 5.75 Å². The third-order valence-electron chi connectivity index (χ3n) is 3.45. The van der Waals surface area contributed by atoms with Gasteiger partial charge in [0.2, 0.25) is 5.88 Å². The first kappa shape index (κ1) is 17.8. The van der Waals surface area contributed by atoms with E-state index in [2.05, 4.69) is 17.2 Å². The maximum absolute atomic E-state index is 12.2. The first-order valence-corrected chi connectivity index (χ1v) is 8.32. The van der Waals surface area contributed by atoms with E-state index in [1.807, 2.05) is 31.2 Å². The van der Waals surface area contributed by atoms with Gasteiger partial charge in [0.05, 0.1) is 13.2 Å². The maximum atomic E-state index is 12.2. The van der Waals surface area contributed by atoms with Gasteiger partial charge in [0.15, 0.2) is 0 Å². The molecule has 0 spiro atoms. The Bertz CT molecular complexity index is 641. The van der Waals surface area contributed by atoms with Gasteiger partial charge in [-0.25, -0.2) is 4.98 Å². The third-order valence-corrected chi connectivity index (χ3v) is 3.45. The summed E-state index contributed by atoms with van der Waals surface area (Å²) in [6, 6.07) is 10.9. The highest BCUT2D eigenvalue weighted by molar-refractivity contribution is 5.94. The molecule has 0 radical (unpaired) electrons. The largest absolute Gasteiger partial charge is 0.494 e. The second-order valence-corrected chi connectivity index (χ2v) is 5.31. The molecule has 1 aromatic carbocycles. The lowest BCUT2D eigenvalue weighted by Gasteiger charge is -2.10. The lowest BCUT2D eigenvalue weighted by atomic mass is 10.2. The number of nitrogens with zero attached hydrogens (tertiary/aromatic N) is 1. The third kappa shape index (κ3) is 5.26. The molecule has 0 atom stereocenters. The summed E-state index contributed by atoms with van der Waals surface area (Å²) in [5, 5.41) is 2.89. The second-order valence-electron chi connectivity index (χ2n) is 5.31. The zero-order valence-corrected chi connectivity index (χ0v) is 14.2. The first-order valence-electron chi connectivity index (χ1n) is 8.32. The Morgan fingerprint density at radius 1 is 1.12 bits per heavy atom. The fourth-order valence-corrected chi connectivity index (χ4v) is 2.14. The number of aromatic nitrogens is 1. The van der Waals surface area contributed by atoms with E-state index in [1.54, 1.807) is 18.3 Å². The van der Waals surface area contributed by atoms with Gasteiger partial charge in [0, 0.05) is 23.9 Å². The van der Waals surface area contributed by atoms with Crippen LogP contribution in [0.2, 0.25) is 0 Å². The average molecular weight is 328 g/mol. The maximum Gasteiger partial charge on any atom is 0.251 e. The van der Waals surface area contributed by atoms with Crippen LogP contribution in [0.25, 0.3) is 0 Å². The highest BCUT2D eigenvalue weighted by atomic mass is 16.5. The van der Waals surface area contributed by atoms with Gasteiger partial charge in [-0.3, -0.25) is 4.79 Å². The number of rotatable bonds is 9. The van der Waals surface area contributed by atoms with E-state index in [0.29, 0.717) is 31.2 Å². The molecule has 0 fully saturated rings. The smallest absolute Gasteiger partial charge is 0.251 e. The van der Waals surface area contributed by atoms with Crippen molar-refractivity contribution in [3.8, 4) is 11.6 Å². The van der Waals surface area contributed by atoms with E-state index in [0.717, 1.165) is 24.2 Å². The summed E-state index contributed by atoms with van der Waals surface area (Å²) in [7, 11) is 0. The number of ether oxygens (including phenoxy) is 2. The molecule has 24 heavy (non-hydrogen) atoms. The molecule has 0 aliphatic carbocycles. The van der Waals surface area contributed by atoms with Gasteiger partial charge >= 0.3 is 0 Å². The Balaban J connectivity index is 1.90. The Hall–Kier alpha value is -2.56. The lowest BCUT2D eigenvalue weighted by molar-refractivity contribution is 0.0950. The Labute approximate surface area is 143 Å². The summed E-state index contributed by atoms with van der Waals surface area (Å²) in [6.45, 7) is 5.63. The minimum absolute atomic E-state index is 0.138. The van der Waals surface area contributed by atoms with Gasteiger partial charge in [-0.1, -0.05) is 19.4 Å². The van der Waals surface area contributed by atoms with Gasteiger partial charge in [-0.15, -0.1) is 0 Å². The zero-order chi connectivity index (χ0) is 17.2. The van der Waals surface area contributed by atoms with Crippen LogP contribution in [0, 0.1) is 0 Å². The molecular formula is C19H24N2O3. The lowest BCUT2D eigenvalue weighted by Crippen LogP contribution is -2.23. The van der Waals surface area contributed by atoms with Crippen molar-refractivity contribution in [1.29, 1.82) is 0 Å². The van der Waals surface area contributed by atoms with Crippen molar-refractivity contribution in [2.24, 2.45) is 0 Å². The Morgan fingerprint density at radius 3 is 2.62 bits per heavy atom. The predicted molar refractivity (Wildman–Crippen MR) is 93.4 cm³/mol. The summed E-state index contributed by atoms with van der Waals surface area (Å²) in [5.74, 6) is 1.20. The van der Waals surface area contributed by atoms with Crippen molar-refractivity contribution in [2.45, 2.75) is 33.2 Å². The molecule has 1 heterocycles. The molecule has 0 unspecified atom stereocenters. The number of carbonyl (C=O) groups excluding carboxylic acids is 1. The average Bonchev–Trinajstić information content (AvgIpc) is 2.62. The molecule has 2 rings (SSSR count). The Kier molecular flexibility index (Phi) is 7.08. The van der Waals surface area contributed by atoms with E-state index < -0.39 is 0 Å². The van der Waals surface area contributed by atoms with E-state index >= 15 is 0 Å². The van der Waals surface area contributed by atoms with Crippen LogP contribution in [0.15, 0.2) is 42.6 Å². The van der Waals surface area contributed by atoms with Crippen molar-refractivity contribution < 1.29 is 14.3 Å². The number of carbonyl (C=O) groups is 1. The summed E-state index contributed by atoms with van der Waals surface area (Å²) >= 11 is 0. The van der Waals surface area contributed by atoms with Crippen molar-refractivity contribution in [1.82, 2.24) is 10.3 Å².